The summed E-state index contributed by atoms with van der Waals surface area (Å²) in [6.45, 7) is 4.03. The second-order valence-corrected chi connectivity index (χ2v) is 6.05. The molecule has 122 valence electrons. The molecule has 0 radical (unpaired) electrons. The Balaban J connectivity index is 1.88. The third-order valence-corrected chi connectivity index (χ3v) is 4.10. The quantitative estimate of drug-likeness (QED) is 0.831. The summed E-state index contributed by atoms with van der Waals surface area (Å²) in [7, 11) is 3.78. The number of halogens is 1. The summed E-state index contributed by atoms with van der Waals surface area (Å²) in [5.74, 6) is 0.279. The zero-order chi connectivity index (χ0) is 15.9. The number of hydrogen-bond acceptors (Lipinski definition) is 3. The molecule has 1 heterocycles. The Morgan fingerprint density at radius 3 is 2.68 bits per heavy atom. The largest absolute Gasteiger partial charge is 0.384 e. The summed E-state index contributed by atoms with van der Waals surface area (Å²) < 4.78 is 18.1. The minimum atomic E-state index is -0.243. The zero-order valence-corrected chi connectivity index (χ0v) is 13.4. The Morgan fingerprint density at radius 1 is 1.27 bits per heavy atom. The first-order chi connectivity index (χ1) is 10.6. The molecule has 5 heteroatoms. The molecule has 0 N–H and O–H groups in total. The molecule has 1 fully saturated rings. The fourth-order valence-corrected chi connectivity index (χ4v) is 2.91. The van der Waals surface area contributed by atoms with Gasteiger partial charge in [-0.3, -0.25) is 4.79 Å². The van der Waals surface area contributed by atoms with Crippen LogP contribution in [0.15, 0.2) is 24.3 Å². The highest BCUT2D eigenvalue weighted by Gasteiger charge is 2.23. The number of aryl methyl sites for hydroxylation is 1. The number of carbonyl (C=O) groups is 1. The summed E-state index contributed by atoms with van der Waals surface area (Å²) >= 11 is 0. The number of amides is 1. The minimum Gasteiger partial charge on any atom is -0.384 e. The van der Waals surface area contributed by atoms with Crippen LogP contribution in [-0.2, 0) is 16.0 Å². The summed E-state index contributed by atoms with van der Waals surface area (Å²) in [4.78, 5) is 16.6. The average molecular weight is 308 g/mol. The normalized spacial score (nSPS) is 20.0. The van der Waals surface area contributed by atoms with Crippen LogP contribution in [0.2, 0.25) is 0 Å². The van der Waals surface area contributed by atoms with E-state index in [0.29, 0.717) is 25.4 Å². The first-order valence-corrected chi connectivity index (χ1v) is 7.78. The highest BCUT2D eigenvalue weighted by Crippen LogP contribution is 2.12. The van der Waals surface area contributed by atoms with Crippen molar-refractivity contribution in [1.29, 1.82) is 0 Å². The number of likely N-dealkylation sites (N-methyl/N-ethyl adjacent to an activating group) is 1. The molecule has 1 saturated heterocycles. The number of nitrogens with zero attached hydrogens (tertiary/aromatic N) is 2. The predicted octanol–water partition coefficient (Wildman–Crippen LogP) is 1.79. The van der Waals surface area contributed by atoms with Crippen molar-refractivity contribution in [3.05, 3.63) is 35.6 Å². The molecule has 4 nitrogen and oxygen atoms in total. The Bertz CT molecular complexity index is 478. The fourth-order valence-electron chi connectivity index (χ4n) is 2.91. The second-order valence-electron chi connectivity index (χ2n) is 6.05. The van der Waals surface area contributed by atoms with Crippen LogP contribution in [0.3, 0.4) is 0 Å². The van der Waals surface area contributed by atoms with E-state index in [1.165, 1.54) is 12.1 Å². The molecule has 22 heavy (non-hydrogen) atoms. The molecular formula is C17H25FN2O2. The Hall–Kier alpha value is -1.46. The van der Waals surface area contributed by atoms with Gasteiger partial charge in [-0.15, -0.1) is 0 Å². The van der Waals surface area contributed by atoms with Crippen molar-refractivity contribution >= 4 is 5.91 Å². The van der Waals surface area contributed by atoms with E-state index in [-0.39, 0.29) is 11.7 Å². The van der Waals surface area contributed by atoms with Gasteiger partial charge in [0, 0.05) is 45.6 Å². The zero-order valence-electron chi connectivity index (χ0n) is 13.4. The number of rotatable bonds is 5. The minimum absolute atomic E-state index is 0.167. The van der Waals surface area contributed by atoms with Crippen LogP contribution in [0.5, 0.6) is 0 Å². The molecule has 0 unspecified atom stereocenters. The summed E-state index contributed by atoms with van der Waals surface area (Å²) in [6.07, 6.45) is 1.12. The molecule has 2 rings (SSSR count). The third kappa shape index (κ3) is 5.07. The molecule has 1 aromatic carbocycles. The van der Waals surface area contributed by atoms with Crippen molar-refractivity contribution in [3.63, 3.8) is 0 Å². The predicted molar refractivity (Wildman–Crippen MR) is 84.2 cm³/mol. The molecule has 1 amide bonds. The SMILES string of the molecule is COC[C@@H]1CN(C)CCN(C(=O)CCc2ccc(F)cc2)C1. The molecule has 0 aliphatic carbocycles. The molecule has 0 aromatic heterocycles. The van der Waals surface area contributed by atoms with Crippen molar-refractivity contribution in [2.24, 2.45) is 5.92 Å². The van der Waals surface area contributed by atoms with Gasteiger partial charge in [0.1, 0.15) is 5.82 Å². The molecule has 1 aliphatic heterocycles. The van der Waals surface area contributed by atoms with Crippen LogP contribution in [0.4, 0.5) is 4.39 Å². The van der Waals surface area contributed by atoms with Gasteiger partial charge in [-0.2, -0.15) is 0 Å². The van der Waals surface area contributed by atoms with Crippen molar-refractivity contribution in [3.8, 4) is 0 Å². The highest BCUT2D eigenvalue weighted by molar-refractivity contribution is 5.76. The first kappa shape index (κ1) is 16.9. The van der Waals surface area contributed by atoms with E-state index < -0.39 is 0 Å². The van der Waals surface area contributed by atoms with Crippen LogP contribution in [-0.4, -0.2) is 62.7 Å². The smallest absolute Gasteiger partial charge is 0.222 e. The van der Waals surface area contributed by atoms with Gasteiger partial charge in [0.05, 0.1) is 6.61 Å². The van der Waals surface area contributed by atoms with E-state index in [0.717, 1.165) is 31.7 Å². The summed E-state index contributed by atoms with van der Waals surface area (Å²) in [5, 5.41) is 0. The number of hydrogen-bond donors (Lipinski definition) is 0. The van der Waals surface area contributed by atoms with Gasteiger partial charge < -0.3 is 14.5 Å². The highest BCUT2D eigenvalue weighted by atomic mass is 19.1. The monoisotopic (exact) mass is 308 g/mol. The van der Waals surface area contributed by atoms with Gasteiger partial charge in [0.25, 0.3) is 0 Å². The molecular weight excluding hydrogens is 283 g/mol. The van der Waals surface area contributed by atoms with Crippen LogP contribution in [0.1, 0.15) is 12.0 Å². The topological polar surface area (TPSA) is 32.8 Å². The molecule has 1 aromatic rings. The lowest BCUT2D eigenvalue weighted by molar-refractivity contribution is -0.131. The van der Waals surface area contributed by atoms with E-state index in [1.807, 2.05) is 4.90 Å². The molecule has 1 atom stereocenters. The van der Waals surface area contributed by atoms with E-state index in [9.17, 15) is 9.18 Å². The lowest BCUT2D eigenvalue weighted by Crippen LogP contribution is -2.37. The first-order valence-electron chi connectivity index (χ1n) is 7.78. The van der Waals surface area contributed by atoms with Gasteiger partial charge >= 0.3 is 0 Å². The van der Waals surface area contributed by atoms with Crippen molar-refractivity contribution in [2.45, 2.75) is 12.8 Å². The van der Waals surface area contributed by atoms with Gasteiger partial charge in [0.15, 0.2) is 0 Å². The van der Waals surface area contributed by atoms with E-state index in [1.54, 1.807) is 19.2 Å². The number of methoxy groups -OCH3 is 1. The van der Waals surface area contributed by atoms with Crippen LogP contribution in [0, 0.1) is 11.7 Å². The second kappa shape index (κ2) is 8.25. The van der Waals surface area contributed by atoms with Gasteiger partial charge in [-0.05, 0) is 31.2 Å². The van der Waals surface area contributed by atoms with E-state index >= 15 is 0 Å². The third-order valence-electron chi connectivity index (χ3n) is 4.10. The van der Waals surface area contributed by atoms with E-state index in [4.69, 9.17) is 4.74 Å². The van der Waals surface area contributed by atoms with Crippen molar-refractivity contribution in [2.75, 3.05) is 46.9 Å². The lowest BCUT2D eigenvalue weighted by Gasteiger charge is -2.23. The van der Waals surface area contributed by atoms with Crippen molar-refractivity contribution in [1.82, 2.24) is 9.80 Å². The summed E-state index contributed by atoms with van der Waals surface area (Å²) in [6, 6.07) is 6.36. The lowest BCUT2D eigenvalue weighted by atomic mass is 10.1. The maximum atomic E-state index is 12.9. The van der Waals surface area contributed by atoms with Crippen molar-refractivity contribution < 1.29 is 13.9 Å². The van der Waals surface area contributed by atoms with Crippen LogP contribution in [0.25, 0.3) is 0 Å². The van der Waals surface area contributed by atoms with Crippen LogP contribution >= 0.6 is 0 Å². The van der Waals surface area contributed by atoms with E-state index in [2.05, 4.69) is 11.9 Å². The molecule has 0 spiro atoms. The molecule has 0 saturated carbocycles. The van der Waals surface area contributed by atoms with Gasteiger partial charge in [0.2, 0.25) is 5.91 Å². The van der Waals surface area contributed by atoms with Gasteiger partial charge in [-0.1, -0.05) is 12.1 Å². The molecule has 1 aliphatic rings. The Morgan fingerprint density at radius 2 is 2.00 bits per heavy atom. The molecule has 0 bridgehead atoms. The summed E-state index contributed by atoms with van der Waals surface area (Å²) in [5.41, 5.74) is 0.995. The van der Waals surface area contributed by atoms with Gasteiger partial charge in [-0.25, -0.2) is 4.39 Å². The number of carbonyl (C=O) groups excluding carboxylic acids is 1. The maximum Gasteiger partial charge on any atom is 0.222 e. The maximum absolute atomic E-state index is 12.9. The number of benzene rings is 1. The van der Waals surface area contributed by atoms with Crippen LogP contribution < -0.4 is 0 Å². The Kier molecular flexibility index (Phi) is 6.34. The fraction of sp³-hybridized carbons (Fsp3) is 0.588. The Labute approximate surface area is 131 Å². The standard InChI is InChI=1S/C17H25FN2O2/c1-19-9-10-20(12-15(11-19)13-22-2)17(21)8-5-14-3-6-16(18)7-4-14/h3-4,6-7,15H,5,8-13H2,1-2H3/t15-/m1/s1. The number of ether oxygens (including phenoxy) is 1. The average Bonchev–Trinajstić information content (AvgIpc) is 2.68.